The number of nitrogens with two attached hydrogens (primary N) is 1. The van der Waals surface area contributed by atoms with Crippen molar-refractivity contribution >= 4 is 24.2 Å². The zero-order valence-electron chi connectivity index (χ0n) is 11.0. The van der Waals surface area contributed by atoms with E-state index in [1.807, 2.05) is 0 Å². The van der Waals surface area contributed by atoms with Crippen LogP contribution in [0.1, 0.15) is 39.5 Å². The summed E-state index contributed by atoms with van der Waals surface area (Å²) in [7, 11) is 0. The van der Waals surface area contributed by atoms with Gasteiger partial charge in [0.25, 0.3) is 0 Å². The van der Waals surface area contributed by atoms with Crippen LogP contribution >= 0.6 is 12.4 Å². The molecule has 0 unspecified atom stereocenters. The number of nitrogens with zero attached hydrogens (tertiary/aromatic N) is 1. The highest BCUT2D eigenvalue weighted by molar-refractivity contribution is 5.92. The minimum Gasteiger partial charge on any atom is -0.352 e. The van der Waals surface area contributed by atoms with Gasteiger partial charge in [0.15, 0.2) is 0 Å². The van der Waals surface area contributed by atoms with E-state index in [-0.39, 0.29) is 29.8 Å². The van der Waals surface area contributed by atoms with Crippen LogP contribution in [0, 0.1) is 0 Å². The molecule has 0 radical (unpaired) electrons. The average Bonchev–Trinajstić information content (AvgIpc) is 2.19. The minimum atomic E-state index is -0.755. The van der Waals surface area contributed by atoms with Gasteiger partial charge in [0.05, 0.1) is 0 Å². The summed E-state index contributed by atoms with van der Waals surface area (Å²) in [5.41, 5.74) is 5.01. The molecule has 104 valence electrons. The number of nitrogens with one attached hydrogen (secondary N) is 1. The number of halogens is 1. The van der Waals surface area contributed by atoms with Gasteiger partial charge in [-0.25, -0.2) is 0 Å². The normalized spacial score (nSPS) is 24.6. The van der Waals surface area contributed by atoms with Gasteiger partial charge in [-0.2, -0.15) is 0 Å². The van der Waals surface area contributed by atoms with Crippen LogP contribution in [-0.4, -0.2) is 40.9 Å². The fourth-order valence-corrected chi connectivity index (χ4v) is 2.54. The molecule has 1 aliphatic heterocycles. The van der Waals surface area contributed by atoms with Crippen molar-refractivity contribution in [3.05, 3.63) is 0 Å². The molecular formula is C12H22ClN3O2. The molecule has 2 fully saturated rings. The highest BCUT2D eigenvalue weighted by atomic mass is 35.5. The lowest BCUT2D eigenvalue weighted by atomic mass is 9.75. The summed E-state index contributed by atoms with van der Waals surface area (Å²) in [6, 6.07) is 0. The van der Waals surface area contributed by atoms with Gasteiger partial charge >= 0.3 is 0 Å². The van der Waals surface area contributed by atoms with Gasteiger partial charge in [0.2, 0.25) is 11.8 Å². The summed E-state index contributed by atoms with van der Waals surface area (Å²) in [5, 5.41) is 2.78. The van der Waals surface area contributed by atoms with E-state index in [9.17, 15) is 9.59 Å². The zero-order chi connectivity index (χ0) is 12.7. The summed E-state index contributed by atoms with van der Waals surface area (Å²) < 4.78 is 0. The number of carbonyl (C=O) groups is 2. The van der Waals surface area contributed by atoms with Gasteiger partial charge in [-0.1, -0.05) is 0 Å². The predicted molar refractivity (Wildman–Crippen MR) is 71.4 cm³/mol. The number of rotatable bonds is 2. The Bertz CT molecular complexity index is 353. The van der Waals surface area contributed by atoms with Crippen molar-refractivity contribution in [2.75, 3.05) is 13.1 Å². The maximum atomic E-state index is 12.2. The van der Waals surface area contributed by atoms with E-state index in [2.05, 4.69) is 5.32 Å². The quantitative estimate of drug-likeness (QED) is 0.767. The van der Waals surface area contributed by atoms with Crippen molar-refractivity contribution in [3.63, 3.8) is 0 Å². The van der Waals surface area contributed by atoms with Gasteiger partial charge < -0.3 is 16.0 Å². The third kappa shape index (κ3) is 2.62. The second-order valence-electron chi connectivity index (χ2n) is 5.75. The van der Waals surface area contributed by atoms with Gasteiger partial charge in [-0.3, -0.25) is 9.59 Å². The third-order valence-corrected chi connectivity index (χ3v) is 4.01. The van der Waals surface area contributed by atoms with Gasteiger partial charge in [-0.05, 0) is 33.1 Å². The summed E-state index contributed by atoms with van der Waals surface area (Å²) in [6.07, 6.45) is 3.30. The molecule has 0 atom stereocenters. The molecule has 18 heavy (non-hydrogen) atoms. The zero-order valence-corrected chi connectivity index (χ0v) is 11.8. The van der Waals surface area contributed by atoms with Crippen LogP contribution in [0.4, 0.5) is 0 Å². The smallest absolute Gasteiger partial charge is 0.245 e. The predicted octanol–water partition coefficient (Wildman–Crippen LogP) is 0.417. The molecule has 0 spiro atoms. The minimum absolute atomic E-state index is 0. The lowest BCUT2D eigenvalue weighted by molar-refractivity contribution is -0.150. The summed E-state index contributed by atoms with van der Waals surface area (Å²) in [4.78, 5) is 25.6. The highest BCUT2D eigenvalue weighted by Gasteiger charge is 2.43. The first-order valence-corrected chi connectivity index (χ1v) is 6.23. The second-order valence-corrected chi connectivity index (χ2v) is 5.75. The Hall–Kier alpha value is -0.810. The van der Waals surface area contributed by atoms with Crippen molar-refractivity contribution in [1.82, 2.24) is 10.2 Å². The molecule has 0 aromatic heterocycles. The van der Waals surface area contributed by atoms with Crippen LogP contribution in [0.3, 0.4) is 0 Å². The topological polar surface area (TPSA) is 75.4 Å². The molecule has 1 heterocycles. The molecule has 0 bridgehead atoms. The molecule has 6 heteroatoms. The van der Waals surface area contributed by atoms with Crippen LogP contribution in [-0.2, 0) is 9.59 Å². The van der Waals surface area contributed by atoms with Gasteiger partial charge in [0.1, 0.15) is 5.54 Å². The fraction of sp³-hybridized carbons (Fsp3) is 0.833. The Morgan fingerprint density at radius 2 is 2.06 bits per heavy atom. The first-order chi connectivity index (χ1) is 7.85. The number of hydrogen-bond donors (Lipinski definition) is 2. The number of carbonyl (C=O) groups excluding carboxylic acids is 2. The maximum Gasteiger partial charge on any atom is 0.245 e. The van der Waals surface area contributed by atoms with Gasteiger partial charge in [0, 0.05) is 25.0 Å². The van der Waals surface area contributed by atoms with E-state index in [1.54, 1.807) is 18.7 Å². The molecule has 1 saturated carbocycles. The van der Waals surface area contributed by atoms with Gasteiger partial charge in [-0.15, -0.1) is 12.4 Å². The molecule has 2 aliphatic rings. The Labute approximate surface area is 114 Å². The monoisotopic (exact) mass is 275 g/mol. The first kappa shape index (κ1) is 15.2. The SMILES string of the molecule is CC1(C)C(=O)NCCN1C(=O)CC1(N)CCC1.Cl. The molecule has 3 N–H and O–H groups in total. The maximum absolute atomic E-state index is 12.2. The van der Waals surface area contributed by atoms with Crippen molar-refractivity contribution < 1.29 is 9.59 Å². The van der Waals surface area contributed by atoms with E-state index in [0.717, 1.165) is 19.3 Å². The summed E-state index contributed by atoms with van der Waals surface area (Å²) >= 11 is 0. The average molecular weight is 276 g/mol. The summed E-state index contributed by atoms with van der Waals surface area (Å²) in [5.74, 6) is -0.0798. The highest BCUT2D eigenvalue weighted by Crippen LogP contribution is 2.33. The van der Waals surface area contributed by atoms with Crippen molar-refractivity contribution in [2.45, 2.75) is 50.6 Å². The largest absolute Gasteiger partial charge is 0.352 e. The third-order valence-electron chi connectivity index (χ3n) is 4.01. The summed E-state index contributed by atoms with van der Waals surface area (Å²) in [6.45, 7) is 4.67. The van der Waals surface area contributed by atoms with Crippen molar-refractivity contribution in [1.29, 1.82) is 0 Å². The number of amides is 2. The van der Waals surface area contributed by atoms with Crippen LogP contribution in [0.15, 0.2) is 0 Å². The van der Waals surface area contributed by atoms with E-state index >= 15 is 0 Å². The standard InChI is InChI=1S/C12H21N3O2.ClH/c1-11(2)10(17)14-6-7-15(11)9(16)8-12(13)4-3-5-12;/h3-8,13H2,1-2H3,(H,14,17);1H. The van der Waals surface area contributed by atoms with E-state index in [4.69, 9.17) is 5.73 Å². The van der Waals surface area contributed by atoms with Crippen LogP contribution in [0.5, 0.6) is 0 Å². The molecule has 2 amide bonds. The lowest BCUT2D eigenvalue weighted by Crippen LogP contribution is -2.64. The molecule has 2 rings (SSSR count). The van der Waals surface area contributed by atoms with E-state index in [1.165, 1.54) is 0 Å². The van der Waals surface area contributed by atoms with E-state index < -0.39 is 5.54 Å². The fourth-order valence-electron chi connectivity index (χ4n) is 2.54. The lowest BCUT2D eigenvalue weighted by Gasteiger charge is -2.44. The van der Waals surface area contributed by atoms with Crippen molar-refractivity contribution in [2.24, 2.45) is 5.73 Å². The Balaban J connectivity index is 0.00000162. The molecule has 5 nitrogen and oxygen atoms in total. The molecular weight excluding hydrogens is 254 g/mol. The van der Waals surface area contributed by atoms with Crippen LogP contribution in [0.2, 0.25) is 0 Å². The first-order valence-electron chi connectivity index (χ1n) is 6.23. The number of piperazine rings is 1. The number of hydrogen-bond acceptors (Lipinski definition) is 3. The van der Waals surface area contributed by atoms with Crippen molar-refractivity contribution in [3.8, 4) is 0 Å². The van der Waals surface area contributed by atoms with E-state index in [0.29, 0.717) is 19.5 Å². The Morgan fingerprint density at radius 1 is 1.44 bits per heavy atom. The van der Waals surface area contributed by atoms with Crippen LogP contribution < -0.4 is 11.1 Å². The molecule has 0 aromatic carbocycles. The van der Waals surface area contributed by atoms with Crippen LogP contribution in [0.25, 0.3) is 0 Å². The molecule has 1 saturated heterocycles. The Morgan fingerprint density at radius 3 is 2.56 bits per heavy atom. The molecule has 1 aliphatic carbocycles. The molecule has 0 aromatic rings. The Kier molecular flexibility index (Phi) is 4.28. The second kappa shape index (κ2) is 5.05.